The molecule has 2 aromatic carbocycles. The number of rotatable bonds is 2. The normalized spacial score (nSPS) is 12.5. The van der Waals surface area contributed by atoms with E-state index >= 15 is 0 Å². The van der Waals surface area contributed by atoms with E-state index in [9.17, 15) is 0 Å². The first-order valence-electron chi connectivity index (χ1n) is 8.22. The van der Waals surface area contributed by atoms with Crippen molar-refractivity contribution in [3.05, 3.63) is 54.1 Å². The van der Waals surface area contributed by atoms with Gasteiger partial charge in [0.25, 0.3) is 0 Å². The summed E-state index contributed by atoms with van der Waals surface area (Å²) >= 11 is 5.67. The zero-order chi connectivity index (χ0) is 19.5. The van der Waals surface area contributed by atoms with E-state index in [-0.39, 0.29) is 29.6 Å². The Kier molecular flexibility index (Phi) is 11.2. The van der Waals surface area contributed by atoms with E-state index in [1.165, 1.54) is 0 Å². The van der Waals surface area contributed by atoms with Crippen LogP contribution in [0.15, 0.2) is 36.4 Å². The molecule has 8 heteroatoms. The summed E-state index contributed by atoms with van der Waals surface area (Å²) in [6, 6.07) is 13.4. The molecule has 0 amide bonds. The standard InChI is InChI=1S/C10H9NO2.C9H9ClO2.CN.Na/c11-4-3-8-1-2-9-10(7-8)13-6-5-12-9;10-6-7-1-2-8-9(5-7)12-4-3-11-8;1-2;/h1-2,7H,3,5-6H2;1-2,5H,3-4,6H2;;/q;;-1;+1. The Labute approximate surface area is 191 Å². The van der Waals surface area contributed by atoms with Gasteiger partial charge in [-0.2, -0.15) is 5.26 Å². The SMILES string of the molecule is ClCc1ccc2c(c1)OCCO2.N#CCc1ccc2c(c1)OCCO2.[C-]#N.[Na+]. The molecular formula is C20H18ClN2NaO4. The molecule has 0 N–H and O–H groups in total. The molecule has 28 heavy (non-hydrogen) atoms. The number of nitrogens with zero attached hydrogens (tertiary/aromatic N) is 2. The van der Waals surface area contributed by atoms with Gasteiger partial charge < -0.3 is 30.8 Å². The molecule has 0 aromatic heterocycles. The zero-order valence-corrected chi connectivity index (χ0v) is 18.4. The van der Waals surface area contributed by atoms with Gasteiger partial charge in [0.1, 0.15) is 26.4 Å². The van der Waals surface area contributed by atoms with Crippen LogP contribution in [-0.4, -0.2) is 26.4 Å². The molecule has 2 aromatic rings. The second-order valence-corrected chi connectivity index (χ2v) is 5.69. The van der Waals surface area contributed by atoms with Crippen LogP contribution >= 0.6 is 11.6 Å². The second-order valence-electron chi connectivity index (χ2n) is 5.42. The average Bonchev–Trinajstić information content (AvgIpc) is 2.75. The quantitative estimate of drug-likeness (QED) is 0.415. The number of hydrogen-bond acceptors (Lipinski definition) is 6. The van der Waals surface area contributed by atoms with Crippen molar-refractivity contribution in [3.8, 4) is 29.1 Å². The fourth-order valence-electron chi connectivity index (χ4n) is 2.46. The van der Waals surface area contributed by atoms with Gasteiger partial charge in [-0.3, -0.25) is 0 Å². The van der Waals surface area contributed by atoms with Gasteiger partial charge in [0, 0.05) is 5.88 Å². The maximum Gasteiger partial charge on any atom is 1.00 e. The minimum Gasteiger partial charge on any atom is -0.512 e. The van der Waals surface area contributed by atoms with Crippen LogP contribution in [0.1, 0.15) is 11.1 Å². The molecule has 0 saturated heterocycles. The van der Waals surface area contributed by atoms with E-state index in [4.69, 9.17) is 47.6 Å². The van der Waals surface area contributed by atoms with Gasteiger partial charge in [-0.05, 0) is 35.4 Å². The number of ether oxygens (including phenoxy) is 4. The van der Waals surface area contributed by atoms with E-state index in [2.05, 4.69) is 6.07 Å². The topological polar surface area (TPSA) is 84.5 Å². The molecule has 2 aliphatic rings. The van der Waals surface area contributed by atoms with Crippen molar-refractivity contribution in [2.24, 2.45) is 0 Å². The molecule has 0 radical (unpaired) electrons. The van der Waals surface area contributed by atoms with Crippen molar-refractivity contribution >= 4 is 11.6 Å². The molecule has 2 aliphatic heterocycles. The average molecular weight is 409 g/mol. The minimum absolute atomic E-state index is 0. The summed E-state index contributed by atoms with van der Waals surface area (Å²) in [5.74, 6) is 3.65. The largest absolute Gasteiger partial charge is 1.00 e. The van der Waals surface area contributed by atoms with Crippen LogP contribution in [0.5, 0.6) is 23.0 Å². The van der Waals surface area contributed by atoms with Crippen LogP contribution in [0.4, 0.5) is 0 Å². The number of benzene rings is 2. The summed E-state index contributed by atoms with van der Waals surface area (Å²) in [6.45, 7) is 7.19. The third-order valence-electron chi connectivity index (χ3n) is 3.65. The van der Waals surface area contributed by atoms with E-state index in [0.717, 1.165) is 34.1 Å². The van der Waals surface area contributed by atoms with Gasteiger partial charge in [0.05, 0.1) is 12.5 Å². The molecule has 0 bridgehead atoms. The van der Waals surface area contributed by atoms with Crippen LogP contribution in [0.3, 0.4) is 0 Å². The second kappa shape index (κ2) is 13.1. The van der Waals surface area contributed by atoms with E-state index < -0.39 is 0 Å². The first-order chi connectivity index (χ1) is 13.3. The van der Waals surface area contributed by atoms with Crippen molar-refractivity contribution < 1.29 is 48.5 Å². The summed E-state index contributed by atoms with van der Waals surface area (Å²) in [7, 11) is 0. The van der Waals surface area contributed by atoms with E-state index in [1.807, 2.05) is 36.4 Å². The van der Waals surface area contributed by atoms with Gasteiger partial charge in [-0.1, -0.05) is 12.1 Å². The molecule has 0 unspecified atom stereocenters. The number of hydrogen-bond donors (Lipinski definition) is 0. The molecule has 0 saturated carbocycles. The first-order valence-corrected chi connectivity index (χ1v) is 8.76. The van der Waals surface area contributed by atoms with Crippen molar-refractivity contribution in [3.63, 3.8) is 0 Å². The van der Waals surface area contributed by atoms with Gasteiger partial charge >= 0.3 is 29.6 Å². The fraction of sp³-hybridized carbons (Fsp3) is 0.300. The van der Waals surface area contributed by atoms with Crippen LogP contribution in [0, 0.1) is 23.2 Å². The summed E-state index contributed by atoms with van der Waals surface area (Å²) < 4.78 is 21.5. The number of fused-ring (bicyclic) bond motifs is 2. The smallest absolute Gasteiger partial charge is 0.512 e. The van der Waals surface area contributed by atoms with Gasteiger partial charge in [0.2, 0.25) is 0 Å². The molecule has 6 nitrogen and oxygen atoms in total. The molecule has 0 spiro atoms. The molecule has 0 fully saturated rings. The Balaban J connectivity index is 0.000000250. The van der Waals surface area contributed by atoms with Gasteiger partial charge in [-0.15, -0.1) is 11.6 Å². The Bertz CT molecular complexity index is 824. The Morgan fingerprint density at radius 3 is 1.68 bits per heavy atom. The van der Waals surface area contributed by atoms with Crippen molar-refractivity contribution in [1.82, 2.24) is 0 Å². The number of halogens is 1. The molecule has 0 aliphatic carbocycles. The van der Waals surface area contributed by atoms with Crippen molar-refractivity contribution in [2.45, 2.75) is 12.3 Å². The van der Waals surface area contributed by atoms with Crippen LogP contribution in [-0.2, 0) is 12.3 Å². The molecular weight excluding hydrogens is 391 g/mol. The molecule has 0 atom stereocenters. The Morgan fingerprint density at radius 1 is 0.786 bits per heavy atom. The first kappa shape index (κ1) is 23.9. The summed E-state index contributed by atoms with van der Waals surface area (Å²) in [5, 5.41) is 14.8. The maximum absolute atomic E-state index is 8.50. The summed E-state index contributed by atoms with van der Waals surface area (Å²) in [5.41, 5.74) is 2.02. The zero-order valence-electron chi connectivity index (χ0n) is 15.6. The van der Waals surface area contributed by atoms with E-state index in [0.29, 0.717) is 38.7 Å². The molecule has 140 valence electrons. The summed E-state index contributed by atoms with van der Waals surface area (Å²) in [6.07, 6.45) is 0.413. The van der Waals surface area contributed by atoms with Crippen LogP contribution < -0.4 is 48.5 Å². The number of nitriles is 1. The third-order valence-corrected chi connectivity index (χ3v) is 3.96. The van der Waals surface area contributed by atoms with Gasteiger partial charge in [0.15, 0.2) is 23.0 Å². The van der Waals surface area contributed by atoms with E-state index in [1.54, 1.807) is 0 Å². The van der Waals surface area contributed by atoms with Crippen molar-refractivity contribution in [1.29, 1.82) is 10.5 Å². The predicted molar refractivity (Wildman–Crippen MR) is 98.7 cm³/mol. The van der Waals surface area contributed by atoms with Gasteiger partial charge in [-0.25, -0.2) is 0 Å². The van der Waals surface area contributed by atoms with Crippen LogP contribution in [0.25, 0.3) is 0 Å². The molecule has 2 heterocycles. The minimum atomic E-state index is 0. The third kappa shape index (κ3) is 6.82. The number of alkyl halides is 1. The maximum atomic E-state index is 8.50. The monoisotopic (exact) mass is 408 g/mol. The van der Waals surface area contributed by atoms with Crippen molar-refractivity contribution in [2.75, 3.05) is 26.4 Å². The fourth-order valence-corrected chi connectivity index (χ4v) is 2.63. The van der Waals surface area contributed by atoms with Crippen LogP contribution in [0.2, 0.25) is 0 Å². The Morgan fingerprint density at radius 2 is 1.21 bits per heavy atom. The summed E-state index contributed by atoms with van der Waals surface area (Å²) in [4.78, 5) is 0. The Hall–Kier alpha value is -2.09. The predicted octanol–water partition coefficient (Wildman–Crippen LogP) is 0.821. The molecule has 4 rings (SSSR count).